The molecule has 0 unspecified atom stereocenters. The highest BCUT2D eigenvalue weighted by molar-refractivity contribution is 7.80. The number of ether oxygens (including phenoxy) is 1. The molecular weight excluding hydrogens is 528 g/mol. The maximum Gasteiger partial charge on any atom is 0.306 e. The number of para-hydroxylation sites is 1. The van der Waals surface area contributed by atoms with Gasteiger partial charge in [-0.3, -0.25) is 4.79 Å². The molecule has 3 rings (SSSR count). The van der Waals surface area contributed by atoms with E-state index in [-0.39, 0.29) is 30.7 Å². The van der Waals surface area contributed by atoms with Crippen molar-refractivity contribution in [2.45, 2.75) is 63.9 Å². The number of nitrogens with zero attached hydrogens (tertiary/aromatic N) is 2. The predicted octanol–water partition coefficient (Wildman–Crippen LogP) is 4.84. The van der Waals surface area contributed by atoms with Crippen molar-refractivity contribution in [1.29, 1.82) is 0 Å². The quantitative estimate of drug-likeness (QED) is 0.129. The number of thiol groups is 2. The summed E-state index contributed by atoms with van der Waals surface area (Å²) in [7, 11) is 0. The monoisotopic (exact) mass is 573 g/mol. The largest absolute Gasteiger partial charge is 0.462 e. The number of hydrogen-bond acceptors (Lipinski definition) is 7. The number of rotatable bonds is 16. The van der Waals surface area contributed by atoms with E-state index in [0.29, 0.717) is 37.4 Å². The molecule has 0 bridgehead atoms. The third-order valence-corrected chi connectivity index (χ3v) is 8.04. The second-order valence-corrected chi connectivity index (χ2v) is 11.5. The van der Waals surface area contributed by atoms with Gasteiger partial charge in [0.25, 0.3) is 0 Å². The number of fused-ring (bicyclic) bond motifs is 1. The van der Waals surface area contributed by atoms with E-state index < -0.39 is 0 Å². The summed E-state index contributed by atoms with van der Waals surface area (Å²) in [5.41, 5.74) is 5.94. The van der Waals surface area contributed by atoms with E-state index >= 15 is 0 Å². The van der Waals surface area contributed by atoms with E-state index in [2.05, 4.69) is 92.3 Å². The van der Waals surface area contributed by atoms with E-state index in [0.717, 1.165) is 37.9 Å². The van der Waals surface area contributed by atoms with E-state index in [9.17, 15) is 15.0 Å². The van der Waals surface area contributed by atoms with E-state index in [1.165, 1.54) is 22.5 Å². The van der Waals surface area contributed by atoms with Crippen LogP contribution < -0.4 is 0 Å². The highest BCUT2D eigenvalue weighted by Gasteiger charge is 2.43. The molecular formula is C31H45N2O4S2+. The summed E-state index contributed by atoms with van der Waals surface area (Å²) >= 11 is 8.57. The van der Waals surface area contributed by atoms with Crippen LogP contribution in [0, 0.1) is 0 Å². The number of hydrogen-bond donors (Lipinski definition) is 4. The smallest absolute Gasteiger partial charge is 0.306 e. The molecule has 8 heteroatoms. The fraction of sp³-hybridized carbons (Fsp3) is 0.548. The molecule has 0 amide bonds. The Labute approximate surface area is 245 Å². The predicted molar refractivity (Wildman–Crippen MR) is 166 cm³/mol. The van der Waals surface area contributed by atoms with Crippen LogP contribution >= 0.6 is 25.3 Å². The zero-order valence-electron chi connectivity index (χ0n) is 23.4. The molecule has 1 aliphatic heterocycles. The molecule has 2 aliphatic rings. The summed E-state index contributed by atoms with van der Waals surface area (Å²) in [5, 5.41) is 18.7. The van der Waals surface area contributed by atoms with E-state index in [1.54, 1.807) is 0 Å². The summed E-state index contributed by atoms with van der Waals surface area (Å²) in [6.07, 6.45) is 12.9. The molecule has 0 aromatic heterocycles. The van der Waals surface area contributed by atoms with Gasteiger partial charge in [-0.05, 0) is 62.7 Å². The molecule has 6 nitrogen and oxygen atoms in total. The maximum atomic E-state index is 12.6. The molecule has 0 fully saturated rings. The van der Waals surface area contributed by atoms with Gasteiger partial charge in [-0.15, -0.1) is 0 Å². The van der Waals surface area contributed by atoms with Gasteiger partial charge in [0.15, 0.2) is 5.71 Å². The van der Waals surface area contributed by atoms with Crippen LogP contribution in [0.2, 0.25) is 0 Å². The lowest BCUT2D eigenvalue weighted by molar-refractivity contribution is -0.438. The summed E-state index contributed by atoms with van der Waals surface area (Å²) in [6.45, 7) is 6.46. The molecule has 1 aliphatic carbocycles. The highest BCUT2D eigenvalue weighted by atomic mass is 32.1. The first-order valence-electron chi connectivity index (χ1n) is 14.1. The van der Waals surface area contributed by atoms with E-state index in [4.69, 9.17) is 4.74 Å². The Bertz CT molecular complexity index is 1080. The van der Waals surface area contributed by atoms with Gasteiger partial charge in [-0.2, -0.15) is 29.8 Å². The van der Waals surface area contributed by atoms with Gasteiger partial charge >= 0.3 is 5.97 Å². The van der Waals surface area contributed by atoms with Gasteiger partial charge in [-0.25, -0.2) is 0 Å². The summed E-state index contributed by atoms with van der Waals surface area (Å²) in [6, 6.07) is 8.52. The standard InChI is InChI=1S/C31H44N2O4S2/c1-31(2)27-6-3-4-7-28(27)33(17-5-8-30(36)37-26(15-22-38)16-23-39)29(31)14-11-24-9-12-25(13-10-24)32(18-20-34)19-21-35/h3-4,6-7,9,11-12,14,26,34-35H,5,8,10,13,15-23H2,1-2H3,(H-,38,39)/p+1. The minimum absolute atomic E-state index is 0.0707. The fourth-order valence-corrected chi connectivity index (χ4v) is 6.01. The van der Waals surface area contributed by atoms with Crippen LogP contribution in [-0.4, -0.2) is 81.8 Å². The number of benzene rings is 1. The molecule has 214 valence electrons. The van der Waals surface area contributed by atoms with Gasteiger partial charge in [-0.1, -0.05) is 30.4 Å². The molecule has 1 heterocycles. The lowest BCUT2D eigenvalue weighted by atomic mass is 9.81. The summed E-state index contributed by atoms with van der Waals surface area (Å²) < 4.78 is 8.05. The van der Waals surface area contributed by atoms with Crippen LogP contribution in [-0.2, 0) is 14.9 Å². The molecule has 0 saturated carbocycles. The summed E-state index contributed by atoms with van der Waals surface area (Å²) in [4.78, 5) is 14.6. The average molecular weight is 574 g/mol. The lowest BCUT2D eigenvalue weighted by Crippen LogP contribution is -2.30. The van der Waals surface area contributed by atoms with Crippen LogP contribution in [0.3, 0.4) is 0 Å². The van der Waals surface area contributed by atoms with Crippen LogP contribution in [0.1, 0.15) is 57.9 Å². The Morgan fingerprint density at radius 2 is 1.77 bits per heavy atom. The molecule has 0 atom stereocenters. The number of aliphatic hydroxyl groups excluding tert-OH is 2. The first-order chi connectivity index (χ1) is 18.8. The first-order valence-corrected chi connectivity index (χ1v) is 15.3. The van der Waals surface area contributed by atoms with Crippen molar-refractivity contribution in [2.24, 2.45) is 0 Å². The Balaban J connectivity index is 1.76. The number of carbonyl (C=O) groups excluding carboxylic acids is 1. The van der Waals surface area contributed by atoms with Crippen molar-refractivity contribution in [3.05, 3.63) is 65.4 Å². The second kappa shape index (κ2) is 15.7. The van der Waals surface area contributed by atoms with Gasteiger partial charge in [0.1, 0.15) is 12.6 Å². The Morgan fingerprint density at radius 3 is 2.38 bits per heavy atom. The third-order valence-electron chi connectivity index (χ3n) is 7.52. The molecule has 0 saturated heterocycles. The van der Waals surface area contributed by atoms with Gasteiger partial charge in [0, 0.05) is 42.9 Å². The van der Waals surface area contributed by atoms with Gasteiger partial charge < -0.3 is 19.8 Å². The molecule has 1 aromatic carbocycles. The van der Waals surface area contributed by atoms with Crippen molar-refractivity contribution in [3.63, 3.8) is 0 Å². The maximum absolute atomic E-state index is 12.6. The van der Waals surface area contributed by atoms with E-state index in [1.807, 2.05) is 4.90 Å². The summed E-state index contributed by atoms with van der Waals surface area (Å²) in [5.74, 6) is 1.22. The van der Waals surface area contributed by atoms with Crippen LogP contribution in [0.5, 0.6) is 0 Å². The minimum Gasteiger partial charge on any atom is -0.462 e. The van der Waals surface area contributed by atoms with Crippen molar-refractivity contribution in [1.82, 2.24) is 4.90 Å². The molecule has 0 radical (unpaired) electrons. The second-order valence-electron chi connectivity index (χ2n) is 10.6. The van der Waals surface area contributed by atoms with Crippen LogP contribution in [0.4, 0.5) is 5.69 Å². The van der Waals surface area contributed by atoms with Crippen molar-refractivity contribution >= 4 is 42.6 Å². The van der Waals surface area contributed by atoms with Crippen molar-refractivity contribution < 1.29 is 24.3 Å². The number of aliphatic hydroxyl groups is 2. The first kappa shape index (κ1) is 31.5. The Hall–Kier alpha value is -2.00. The van der Waals surface area contributed by atoms with Gasteiger partial charge in [0.05, 0.1) is 25.0 Å². The fourth-order valence-electron chi connectivity index (χ4n) is 5.43. The average Bonchev–Trinajstić information content (AvgIpc) is 3.13. The molecule has 2 N–H and O–H groups in total. The number of esters is 1. The third kappa shape index (κ3) is 8.49. The lowest BCUT2D eigenvalue weighted by Gasteiger charge is -2.27. The molecule has 0 spiro atoms. The highest BCUT2D eigenvalue weighted by Crippen LogP contribution is 2.40. The van der Waals surface area contributed by atoms with Gasteiger partial charge in [0.2, 0.25) is 5.69 Å². The van der Waals surface area contributed by atoms with Crippen molar-refractivity contribution in [2.75, 3.05) is 44.4 Å². The topological polar surface area (TPSA) is 73.0 Å². The Morgan fingerprint density at radius 1 is 1.08 bits per heavy atom. The van der Waals surface area contributed by atoms with Crippen molar-refractivity contribution in [3.8, 4) is 0 Å². The number of carbonyl (C=O) groups is 1. The Kier molecular flexibility index (Phi) is 12.7. The minimum atomic E-state index is -0.160. The SMILES string of the molecule is CC1(C)C(C=CC2=CC=C(N(CCO)CCO)CC2)=[N+](CCCC(=O)OC(CCS)CCS)c2ccccc21. The van der Waals surface area contributed by atoms with Crippen LogP contribution in [0.25, 0.3) is 0 Å². The van der Waals surface area contributed by atoms with Crippen LogP contribution in [0.15, 0.2) is 59.8 Å². The zero-order valence-corrected chi connectivity index (χ0v) is 25.2. The molecule has 1 aromatic rings. The normalized spacial score (nSPS) is 16.5. The zero-order chi connectivity index (χ0) is 28.3. The molecule has 39 heavy (non-hydrogen) atoms. The number of allylic oxidation sites excluding steroid dienone is 6.